The Labute approximate surface area is 149 Å². The van der Waals surface area contributed by atoms with Crippen molar-refractivity contribution in [3.63, 3.8) is 0 Å². The van der Waals surface area contributed by atoms with Gasteiger partial charge >= 0.3 is 0 Å². The molecule has 1 heterocycles. The van der Waals surface area contributed by atoms with Gasteiger partial charge in [-0.15, -0.1) is 11.8 Å². The van der Waals surface area contributed by atoms with E-state index < -0.39 is 0 Å². The Balaban J connectivity index is 1.94. The van der Waals surface area contributed by atoms with Crippen molar-refractivity contribution in [1.29, 1.82) is 0 Å². The predicted octanol–water partition coefficient (Wildman–Crippen LogP) is 5.50. The molecule has 0 radical (unpaired) electrons. The molecule has 0 saturated carbocycles. The average molecular weight is 337 g/mol. The summed E-state index contributed by atoms with van der Waals surface area (Å²) in [5.41, 5.74) is 6.42. The summed E-state index contributed by atoms with van der Waals surface area (Å²) >= 11 is 1.79. The fourth-order valence-corrected chi connectivity index (χ4v) is 4.38. The minimum Gasteiger partial charge on any atom is -0.293 e. The molecular weight excluding hydrogens is 312 g/mol. The highest BCUT2D eigenvalue weighted by Crippen LogP contribution is 2.28. The second kappa shape index (κ2) is 7.85. The lowest BCUT2D eigenvalue weighted by Gasteiger charge is -2.21. The van der Waals surface area contributed by atoms with Gasteiger partial charge in [0.05, 0.1) is 5.25 Å². The number of carbonyl (C=O) groups excluding carboxylic acids is 1. The zero-order valence-electron chi connectivity index (χ0n) is 14.4. The van der Waals surface area contributed by atoms with Gasteiger partial charge in [-0.3, -0.25) is 4.79 Å². The predicted molar refractivity (Wildman–Crippen MR) is 104 cm³/mol. The lowest BCUT2D eigenvalue weighted by molar-refractivity contribution is 0.0989. The summed E-state index contributed by atoms with van der Waals surface area (Å²) in [6.45, 7) is 4.44. The van der Waals surface area contributed by atoms with Gasteiger partial charge in [-0.25, -0.2) is 0 Å². The van der Waals surface area contributed by atoms with Crippen LogP contribution in [0.5, 0.6) is 0 Å². The van der Waals surface area contributed by atoms with E-state index in [4.69, 9.17) is 0 Å². The molecule has 0 aromatic heterocycles. The van der Waals surface area contributed by atoms with Crippen LogP contribution >= 0.6 is 11.8 Å². The maximum Gasteiger partial charge on any atom is 0.176 e. The van der Waals surface area contributed by atoms with Gasteiger partial charge in [0.2, 0.25) is 0 Å². The average Bonchev–Trinajstić information content (AvgIpc) is 2.63. The minimum atomic E-state index is -0.0191. The van der Waals surface area contributed by atoms with Gasteiger partial charge in [0.25, 0.3) is 0 Å². The summed E-state index contributed by atoms with van der Waals surface area (Å²) in [4.78, 5) is 13.0. The van der Waals surface area contributed by atoms with Gasteiger partial charge in [0.1, 0.15) is 0 Å². The third kappa shape index (κ3) is 3.99. The monoisotopic (exact) mass is 336 g/mol. The minimum absolute atomic E-state index is 0.0191. The maximum atomic E-state index is 13.0. The first-order chi connectivity index (χ1) is 11.6. The van der Waals surface area contributed by atoms with Crippen molar-refractivity contribution in [2.24, 2.45) is 0 Å². The molecule has 3 rings (SSSR count). The van der Waals surface area contributed by atoms with Crippen LogP contribution in [0, 0.1) is 0 Å². The number of fused-ring (bicyclic) bond motifs is 1. The number of thioether (sulfide) groups is 1. The molecule has 0 aliphatic carbocycles. The van der Waals surface area contributed by atoms with E-state index in [9.17, 15) is 4.79 Å². The first kappa shape index (κ1) is 17.0. The third-order valence-corrected chi connectivity index (χ3v) is 6.26. The number of ketones is 1. The van der Waals surface area contributed by atoms with Crippen molar-refractivity contribution < 1.29 is 4.79 Å². The summed E-state index contributed by atoms with van der Waals surface area (Å²) in [7, 11) is 0. The van der Waals surface area contributed by atoms with E-state index in [0.29, 0.717) is 0 Å². The molecule has 1 aliphatic heterocycles. The van der Waals surface area contributed by atoms with Crippen molar-refractivity contribution in [2.45, 2.75) is 38.4 Å². The van der Waals surface area contributed by atoms with Crippen molar-refractivity contribution in [2.75, 3.05) is 5.75 Å². The Bertz CT molecular complexity index is 746. The van der Waals surface area contributed by atoms with Crippen molar-refractivity contribution in [3.8, 4) is 0 Å². The number of hydrogen-bond acceptors (Lipinski definition) is 2. The normalized spacial score (nSPS) is 21.8. The zero-order valence-corrected chi connectivity index (χ0v) is 15.2. The van der Waals surface area contributed by atoms with Crippen molar-refractivity contribution in [3.05, 3.63) is 82.4 Å². The van der Waals surface area contributed by atoms with E-state index in [1.54, 1.807) is 11.8 Å². The molecule has 2 heteroatoms. The van der Waals surface area contributed by atoms with Crippen molar-refractivity contribution in [1.82, 2.24) is 0 Å². The van der Waals surface area contributed by atoms with Gasteiger partial charge in [0.15, 0.2) is 5.78 Å². The standard InChI is InChI=1S/C22H24OS/c1-16-12-13-18-8-6-7-11-20(18)14-21(24-15-17(16)2)22(23)19-9-4-3-5-10-19/h3-11,21H,12-15H2,1-2H3/b17-16-. The molecule has 0 spiro atoms. The van der Waals surface area contributed by atoms with Crippen LogP contribution in [0.4, 0.5) is 0 Å². The van der Waals surface area contributed by atoms with Gasteiger partial charge in [0, 0.05) is 11.3 Å². The zero-order chi connectivity index (χ0) is 16.9. The molecule has 2 aromatic rings. The number of benzene rings is 2. The van der Waals surface area contributed by atoms with Gasteiger partial charge in [-0.2, -0.15) is 0 Å². The fourth-order valence-electron chi connectivity index (χ4n) is 3.10. The first-order valence-corrected chi connectivity index (χ1v) is 9.63. The van der Waals surface area contributed by atoms with Gasteiger partial charge < -0.3 is 0 Å². The van der Waals surface area contributed by atoms with Crippen LogP contribution in [-0.4, -0.2) is 16.8 Å². The topological polar surface area (TPSA) is 17.1 Å². The maximum absolute atomic E-state index is 13.0. The summed E-state index contributed by atoms with van der Waals surface area (Å²) in [6, 6.07) is 18.3. The molecule has 24 heavy (non-hydrogen) atoms. The molecule has 1 aliphatic rings. The summed E-state index contributed by atoms with van der Waals surface area (Å²) in [5, 5.41) is -0.0191. The number of Topliss-reactive ketones (excluding diaryl/α,β-unsaturated/α-hetero) is 1. The number of hydrogen-bond donors (Lipinski definition) is 0. The van der Waals surface area contributed by atoms with Crippen LogP contribution in [0.15, 0.2) is 65.7 Å². The number of aryl methyl sites for hydroxylation is 1. The van der Waals surface area contributed by atoms with Crippen LogP contribution in [0.2, 0.25) is 0 Å². The van der Waals surface area contributed by atoms with Crippen molar-refractivity contribution >= 4 is 17.5 Å². The smallest absolute Gasteiger partial charge is 0.176 e. The third-order valence-electron chi connectivity index (χ3n) is 4.87. The largest absolute Gasteiger partial charge is 0.293 e. The van der Waals surface area contributed by atoms with E-state index in [1.807, 2.05) is 30.3 Å². The highest BCUT2D eigenvalue weighted by Gasteiger charge is 2.23. The summed E-state index contributed by atoms with van der Waals surface area (Å²) < 4.78 is 0. The SMILES string of the molecule is C/C1=C(\C)CSC(C(=O)c2ccccc2)Cc2ccccc2CC1. The molecule has 0 fully saturated rings. The Morgan fingerprint density at radius 3 is 2.29 bits per heavy atom. The molecule has 0 N–H and O–H groups in total. The Hall–Kier alpha value is -1.80. The Morgan fingerprint density at radius 2 is 1.54 bits per heavy atom. The van der Waals surface area contributed by atoms with Gasteiger partial charge in [-0.1, -0.05) is 65.7 Å². The van der Waals surface area contributed by atoms with E-state index in [1.165, 1.54) is 22.3 Å². The van der Waals surface area contributed by atoms with Crippen LogP contribution in [-0.2, 0) is 12.8 Å². The Kier molecular flexibility index (Phi) is 5.57. The van der Waals surface area contributed by atoms with E-state index in [2.05, 4.69) is 38.1 Å². The highest BCUT2D eigenvalue weighted by atomic mass is 32.2. The number of carbonyl (C=O) groups is 1. The molecule has 0 bridgehead atoms. The number of allylic oxidation sites excluding steroid dienone is 1. The second-order valence-corrected chi connectivity index (χ2v) is 7.75. The first-order valence-electron chi connectivity index (χ1n) is 8.58. The molecule has 0 saturated heterocycles. The van der Waals surface area contributed by atoms with Crippen LogP contribution in [0.3, 0.4) is 0 Å². The molecule has 1 nitrogen and oxygen atoms in total. The fraction of sp³-hybridized carbons (Fsp3) is 0.318. The number of rotatable bonds is 2. The lowest BCUT2D eigenvalue weighted by atomic mass is 9.94. The van der Waals surface area contributed by atoms with Crippen LogP contribution in [0.1, 0.15) is 41.8 Å². The molecule has 2 aromatic carbocycles. The molecular formula is C22H24OS. The van der Waals surface area contributed by atoms with Crippen LogP contribution < -0.4 is 0 Å². The molecule has 1 atom stereocenters. The van der Waals surface area contributed by atoms with E-state index >= 15 is 0 Å². The lowest BCUT2D eigenvalue weighted by Crippen LogP contribution is -2.22. The van der Waals surface area contributed by atoms with E-state index in [-0.39, 0.29) is 11.0 Å². The molecule has 1 unspecified atom stereocenters. The Morgan fingerprint density at radius 1 is 0.875 bits per heavy atom. The van der Waals surface area contributed by atoms with E-state index in [0.717, 1.165) is 30.6 Å². The van der Waals surface area contributed by atoms with Gasteiger partial charge in [-0.05, 0) is 44.2 Å². The molecule has 124 valence electrons. The van der Waals surface area contributed by atoms with Crippen LogP contribution in [0.25, 0.3) is 0 Å². The summed E-state index contributed by atoms with van der Waals surface area (Å²) in [5.74, 6) is 1.19. The summed E-state index contributed by atoms with van der Waals surface area (Å²) in [6.07, 6.45) is 3.00. The molecule has 0 amide bonds. The highest BCUT2D eigenvalue weighted by molar-refractivity contribution is 8.00. The second-order valence-electron chi connectivity index (χ2n) is 6.56. The quantitative estimate of drug-likeness (QED) is 0.532.